The van der Waals surface area contributed by atoms with Crippen molar-refractivity contribution in [3.8, 4) is 0 Å². The number of hydrogen-bond donors (Lipinski definition) is 1. The second-order valence-corrected chi connectivity index (χ2v) is 6.88. The van der Waals surface area contributed by atoms with Crippen LogP contribution in [0.5, 0.6) is 0 Å². The average Bonchev–Trinajstić information content (AvgIpc) is 3.18. The van der Waals surface area contributed by atoms with E-state index in [0.29, 0.717) is 5.92 Å². The Hall–Kier alpha value is -1.28. The molecule has 2 aliphatic rings. The molecule has 2 fully saturated rings. The summed E-state index contributed by atoms with van der Waals surface area (Å²) < 4.78 is 5.96. The van der Waals surface area contributed by atoms with Crippen LogP contribution >= 0.6 is 0 Å². The van der Waals surface area contributed by atoms with Crippen LogP contribution in [0.15, 0.2) is 28.7 Å². The van der Waals surface area contributed by atoms with Crippen molar-refractivity contribution < 1.29 is 9.52 Å². The fraction of sp³-hybridized carbons (Fsp3) is 0.556. The van der Waals surface area contributed by atoms with Gasteiger partial charge in [0, 0.05) is 5.39 Å². The lowest BCUT2D eigenvalue weighted by atomic mass is 9.75. The van der Waals surface area contributed by atoms with Gasteiger partial charge in [0.25, 0.3) is 0 Å². The minimum Gasteiger partial charge on any atom is -0.458 e. The summed E-state index contributed by atoms with van der Waals surface area (Å²) in [6, 6.07) is 8.26. The molecule has 0 radical (unpaired) electrons. The average molecular weight is 270 g/mol. The molecule has 1 aromatic carbocycles. The number of hydrogen-bond acceptors (Lipinski definition) is 2. The van der Waals surface area contributed by atoms with Crippen molar-refractivity contribution in [1.82, 2.24) is 0 Å². The molecule has 2 unspecified atom stereocenters. The lowest BCUT2D eigenvalue weighted by Crippen LogP contribution is -2.33. The zero-order valence-electron chi connectivity index (χ0n) is 12.1. The molecule has 0 spiro atoms. The van der Waals surface area contributed by atoms with Crippen molar-refractivity contribution in [3.05, 3.63) is 35.6 Å². The topological polar surface area (TPSA) is 33.4 Å². The van der Waals surface area contributed by atoms with Gasteiger partial charge in [-0.2, -0.15) is 0 Å². The van der Waals surface area contributed by atoms with Gasteiger partial charge in [-0.05, 0) is 75.5 Å². The number of fused-ring (bicyclic) bond motifs is 1. The Morgan fingerprint density at radius 1 is 1.15 bits per heavy atom. The molecular weight excluding hydrogens is 248 g/mol. The van der Waals surface area contributed by atoms with Crippen LogP contribution in [0.4, 0.5) is 0 Å². The van der Waals surface area contributed by atoms with Crippen molar-refractivity contribution in [2.75, 3.05) is 0 Å². The van der Waals surface area contributed by atoms with E-state index in [1.165, 1.54) is 24.8 Å². The zero-order chi connectivity index (χ0) is 13.7. The van der Waals surface area contributed by atoms with Gasteiger partial charge in [-0.3, -0.25) is 0 Å². The van der Waals surface area contributed by atoms with Crippen molar-refractivity contribution in [3.63, 3.8) is 0 Å². The fourth-order valence-electron chi connectivity index (χ4n) is 3.88. The van der Waals surface area contributed by atoms with Gasteiger partial charge in [0.15, 0.2) is 0 Å². The van der Waals surface area contributed by atoms with E-state index in [-0.39, 0.29) is 0 Å². The van der Waals surface area contributed by atoms with E-state index in [1.54, 1.807) is 0 Å². The van der Waals surface area contributed by atoms with Gasteiger partial charge in [0.1, 0.15) is 16.9 Å². The number of furan rings is 1. The predicted molar refractivity (Wildman–Crippen MR) is 79.5 cm³/mol. The van der Waals surface area contributed by atoms with Crippen LogP contribution in [0.2, 0.25) is 0 Å². The Morgan fingerprint density at radius 2 is 2.00 bits per heavy atom. The molecule has 2 saturated carbocycles. The maximum Gasteiger partial charge on any atom is 0.136 e. The highest BCUT2D eigenvalue weighted by Gasteiger charge is 2.43. The monoisotopic (exact) mass is 270 g/mol. The third-order valence-corrected chi connectivity index (χ3v) is 5.18. The third-order valence-electron chi connectivity index (χ3n) is 5.18. The maximum absolute atomic E-state index is 11.1. The molecule has 0 saturated heterocycles. The fourth-order valence-corrected chi connectivity index (χ4v) is 3.88. The number of rotatable bonds is 2. The van der Waals surface area contributed by atoms with Gasteiger partial charge in [-0.25, -0.2) is 0 Å². The van der Waals surface area contributed by atoms with Crippen molar-refractivity contribution in [1.29, 1.82) is 0 Å². The van der Waals surface area contributed by atoms with Gasteiger partial charge in [-0.15, -0.1) is 0 Å². The van der Waals surface area contributed by atoms with Crippen molar-refractivity contribution in [2.45, 2.75) is 51.0 Å². The smallest absolute Gasteiger partial charge is 0.136 e. The molecule has 0 amide bonds. The molecule has 1 N–H and O–H groups in total. The molecule has 2 aromatic rings. The molecule has 4 rings (SSSR count). The number of benzene rings is 1. The third kappa shape index (κ3) is 2.07. The summed E-state index contributed by atoms with van der Waals surface area (Å²) in [7, 11) is 0. The first kappa shape index (κ1) is 12.5. The van der Waals surface area contributed by atoms with Gasteiger partial charge in [-0.1, -0.05) is 11.6 Å². The first-order valence-electron chi connectivity index (χ1n) is 7.87. The summed E-state index contributed by atoms with van der Waals surface area (Å²) in [4.78, 5) is 0. The molecule has 1 heterocycles. The zero-order valence-corrected chi connectivity index (χ0v) is 12.1. The van der Waals surface area contributed by atoms with E-state index in [4.69, 9.17) is 4.42 Å². The van der Waals surface area contributed by atoms with Crippen LogP contribution < -0.4 is 0 Å². The van der Waals surface area contributed by atoms with E-state index in [1.807, 2.05) is 6.07 Å². The summed E-state index contributed by atoms with van der Waals surface area (Å²) in [5.74, 6) is 2.35. The minimum absolute atomic E-state index is 0.698. The Bertz CT molecular complexity index is 638. The molecular formula is C18H22O2. The molecule has 106 valence electrons. The quantitative estimate of drug-likeness (QED) is 0.869. The van der Waals surface area contributed by atoms with E-state index in [0.717, 1.165) is 41.9 Å². The molecule has 20 heavy (non-hydrogen) atoms. The van der Waals surface area contributed by atoms with E-state index < -0.39 is 5.60 Å². The summed E-state index contributed by atoms with van der Waals surface area (Å²) >= 11 is 0. The lowest BCUT2D eigenvalue weighted by molar-refractivity contribution is -0.0410. The van der Waals surface area contributed by atoms with Crippen LogP contribution in [-0.4, -0.2) is 5.11 Å². The molecule has 2 atom stereocenters. The summed E-state index contributed by atoms with van der Waals surface area (Å²) in [5, 5.41) is 12.2. The van der Waals surface area contributed by atoms with E-state index in [2.05, 4.69) is 25.1 Å². The predicted octanol–water partition coefficient (Wildman–Crippen LogP) is 4.53. The van der Waals surface area contributed by atoms with Gasteiger partial charge >= 0.3 is 0 Å². The van der Waals surface area contributed by atoms with Crippen LogP contribution in [-0.2, 0) is 5.60 Å². The first-order chi connectivity index (χ1) is 9.64. The van der Waals surface area contributed by atoms with Crippen LogP contribution in [0.25, 0.3) is 11.0 Å². The molecule has 2 heteroatoms. The molecule has 1 aromatic heterocycles. The SMILES string of the molecule is Cc1ccc2oc(C3(O)CCCC(C4CC4)C3)cc2c1. The largest absolute Gasteiger partial charge is 0.458 e. The van der Waals surface area contributed by atoms with Crippen LogP contribution in [0, 0.1) is 18.8 Å². The summed E-state index contributed by atoms with van der Waals surface area (Å²) in [6.45, 7) is 2.09. The number of aliphatic hydroxyl groups is 1. The first-order valence-corrected chi connectivity index (χ1v) is 7.87. The highest BCUT2D eigenvalue weighted by Crippen LogP contribution is 2.50. The van der Waals surface area contributed by atoms with Crippen molar-refractivity contribution in [2.24, 2.45) is 11.8 Å². The maximum atomic E-state index is 11.1. The Kier molecular flexibility index (Phi) is 2.71. The molecule has 0 bridgehead atoms. The van der Waals surface area contributed by atoms with E-state index >= 15 is 0 Å². The lowest BCUT2D eigenvalue weighted by Gasteiger charge is -2.35. The Morgan fingerprint density at radius 3 is 2.80 bits per heavy atom. The number of aryl methyl sites for hydroxylation is 1. The van der Waals surface area contributed by atoms with Gasteiger partial charge < -0.3 is 9.52 Å². The van der Waals surface area contributed by atoms with Crippen LogP contribution in [0.3, 0.4) is 0 Å². The van der Waals surface area contributed by atoms with Gasteiger partial charge in [0.05, 0.1) is 0 Å². The minimum atomic E-state index is -0.738. The highest BCUT2D eigenvalue weighted by molar-refractivity contribution is 5.78. The molecule has 0 aliphatic heterocycles. The summed E-state index contributed by atoms with van der Waals surface area (Å²) in [5.41, 5.74) is 1.39. The normalized spacial score (nSPS) is 30.8. The van der Waals surface area contributed by atoms with Crippen LogP contribution in [0.1, 0.15) is 49.8 Å². The summed E-state index contributed by atoms with van der Waals surface area (Å²) in [6.07, 6.45) is 6.85. The second kappa shape index (κ2) is 4.36. The Labute approximate surface area is 119 Å². The molecule has 2 aliphatic carbocycles. The molecule has 2 nitrogen and oxygen atoms in total. The standard InChI is InChI=1S/C18H22O2/c1-12-4-7-16-15(9-12)10-17(20-16)18(19)8-2-3-14(11-18)13-5-6-13/h4,7,9-10,13-14,19H,2-3,5-6,8,11H2,1H3. The van der Waals surface area contributed by atoms with Gasteiger partial charge in [0.2, 0.25) is 0 Å². The Balaban J connectivity index is 1.69. The van der Waals surface area contributed by atoms with Crippen molar-refractivity contribution >= 4 is 11.0 Å². The second-order valence-electron chi connectivity index (χ2n) is 6.88. The van der Waals surface area contributed by atoms with E-state index in [9.17, 15) is 5.11 Å². The highest BCUT2D eigenvalue weighted by atomic mass is 16.4.